The van der Waals surface area contributed by atoms with Crippen LogP contribution in [0.2, 0.25) is 0 Å². The molecule has 4 heteroatoms. The molecule has 0 saturated carbocycles. The fourth-order valence-corrected chi connectivity index (χ4v) is 0. The Balaban J connectivity index is -0.00000000500. The summed E-state index contributed by atoms with van der Waals surface area (Å²) in [5, 5.41) is 0. The van der Waals surface area contributed by atoms with Crippen molar-refractivity contribution in [3.05, 3.63) is 0 Å². The van der Waals surface area contributed by atoms with Crippen LogP contribution < -0.4 is 0 Å². The van der Waals surface area contributed by atoms with Crippen molar-refractivity contribution in [2.75, 3.05) is 0 Å². The van der Waals surface area contributed by atoms with E-state index in [0.717, 1.165) is 0 Å². The second-order valence-electron chi connectivity index (χ2n) is 0. The van der Waals surface area contributed by atoms with Gasteiger partial charge in [-0.05, 0) is 0 Å². The first-order chi connectivity index (χ1) is 1.00. The molecule has 0 aliphatic rings. The summed E-state index contributed by atoms with van der Waals surface area (Å²) in [4.78, 5) is 0. The number of hydrogen-bond donors (Lipinski definition) is 0. The molecular formula is H2O2SrY. The predicted molar refractivity (Wildman–Crippen MR) is 9.77 cm³/mol. The molecule has 0 aliphatic carbocycles. The molecular weight excluding hydrogens is 209 g/mol. The fraction of sp³-hybridized carbons (Fsp3) is 0. The molecule has 0 rings (SSSR count). The van der Waals surface area contributed by atoms with Gasteiger partial charge in [-0.2, -0.15) is 0 Å². The molecule has 0 unspecified atom stereocenters. The van der Waals surface area contributed by atoms with Crippen LogP contribution in [0.25, 0.3) is 0 Å². The number of hydrogen-bond acceptors (Lipinski definition) is 2. The van der Waals surface area contributed by atoms with Crippen LogP contribution in [0.15, 0.2) is 0 Å². The topological polar surface area (TPSA) is 47.1 Å². The Morgan fingerprint density at radius 3 is 1.25 bits per heavy atom. The molecule has 0 radical (unpaired) electrons. The van der Waals surface area contributed by atoms with E-state index in [2.05, 4.69) is 0 Å². The number of rotatable bonds is 0. The van der Waals surface area contributed by atoms with Crippen molar-refractivity contribution in [3.63, 3.8) is 0 Å². The average molecular weight is 211 g/mol. The van der Waals surface area contributed by atoms with Crippen molar-refractivity contribution in [1.82, 2.24) is 0 Å². The minimum absolute atomic E-state index is 0. The van der Waals surface area contributed by atoms with Gasteiger partial charge in [-0.15, -0.1) is 0 Å². The summed E-state index contributed by atoms with van der Waals surface area (Å²) in [7, 11) is 0. The van der Waals surface area contributed by atoms with Crippen LogP contribution in [0.1, 0.15) is 0 Å². The Kier molecular flexibility index (Phi) is 74.3. The zero-order valence-electron chi connectivity index (χ0n) is 2.43. The van der Waals surface area contributed by atoms with E-state index in [1.165, 1.54) is 0 Å². The predicted octanol–water partition coefficient (Wildman–Crippen LogP) is -0.947. The van der Waals surface area contributed by atoms with Crippen LogP contribution in [0.5, 0.6) is 0 Å². The van der Waals surface area contributed by atoms with E-state index in [-0.39, 0.29) is 82.0 Å². The SMILES string of the molecule is [OH-].[O]=[Y].[SrH+]. The molecule has 0 aromatic rings. The molecule has 4 heavy (non-hydrogen) atoms. The van der Waals surface area contributed by atoms with Crippen molar-refractivity contribution >= 4 is 45.5 Å². The van der Waals surface area contributed by atoms with E-state index in [1.54, 1.807) is 0 Å². The van der Waals surface area contributed by atoms with Crippen LogP contribution in [0.3, 0.4) is 0 Å². The van der Waals surface area contributed by atoms with Gasteiger partial charge in [0, 0.05) is 0 Å². The van der Waals surface area contributed by atoms with Crippen molar-refractivity contribution in [3.8, 4) is 0 Å². The molecule has 0 bridgehead atoms. The molecule has 0 aromatic heterocycles. The molecule has 0 aromatic carbocycles. The molecule has 0 fully saturated rings. The standard InChI is InChI=1S/H2O.O.Sr.Y.H/h1H2;;;;/q;;+1;;/p-1. The van der Waals surface area contributed by atoms with Crippen molar-refractivity contribution < 1.29 is 38.5 Å². The van der Waals surface area contributed by atoms with Gasteiger partial charge in [0.05, 0.1) is 0 Å². The molecule has 19 valence electrons. The summed E-state index contributed by atoms with van der Waals surface area (Å²) < 4.78 is 8.38. The first-order valence-corrected chi connectivity index (χ1v) is 1.39. The summed E-state index contributed by atoms with van der Waals surface area (Å²) in [6.45, 7) is 0. The van der Waals surface area contributed by atoms with Gasteiger partial charge in [-0.3, -0.25) is 0 Å². The molecule has 1 N–H and O–H groups in total. The molecule has 2 nitrogen and oxygen atoms in total. The summed E-state index contributed by atoms with van der Waals surface area (Å²) in [5.74, 6) is 0. The van der Waals surface area contributed by atoms with E-state index < -0.39 is 0 Å². The van der Waals surface area contributed by atoms with Crippen LogP contribution in [0, 0.1) is 0 Å². The third-order valence-corrected chi connectivity index (χ3v) is 0. The Bertz CT molecular complexity index is 6.00. The van der Waals surface area contributed by atoms with Gasteiger partial charge in [0.1, 0.15) is 0 Å². The Labute approximate surface area is 82.0 Å². The van der Waals surface area contributed by atoms with Crippen LogP contribution in [-0.2, 0) is 33.1 Å². The van der Waals surface area contributed by atoms with E-state index >= 15 is 0 Å². The summed E-state index contributed by atoms with van der Waals surface area (Å²) >= 11 is 0.100. The van der Waals surface area contributed by atoms with Crippen LogP contribution >= 0.6 is 0 Å². The second-order valence-corrected chi connectivity index (χ2v) is 0. The molecule has 0 heterocycles. The van der Waals surface area contributed by atoms with E-state index in [1.807, 2.05) is 0 Å². The first-order valence-electron chi connectivity index (χ1n) is 0.236. The summed E-state index contributed by atoms with van der Waals surface area (Å²) in [5.41, 5.74) is 0. The Hall–Kier alpha value is 2.34. The normalized spacial score (nSPS) is 1.50. The molecule has 0 spiro atoms. The van der Waals surface area contributed by atoms with E-state index in [4.69, 9.17) is 2.04 Å². The third kappa shape index (κ3) is 8.84. The zero-order chi connectivity index (χ0) is 2.00. The van der Waals surface area contributed by atoms with Crippen molar-refractivity contribution in [1.29, 1.82) is 0 Å². The van der Waals surface area contributed by atoms with Gasteiger partial charge in [0.2, 0.25) is 0 Å². The van der Waals surface area contributed by atoms with Crippen molar-refractivity contribution in [2.24, 2.45) is 0 Å². The van der Waals surface area contributed by atoms with Crippen LogP contribution in [0.4, 0.5) is 0 Å². The van der Waals surface area contributed by atoms with Gasteiger partial charge in [0.15, 0.2) is 0 Å². The fourth-order valence-electron chi connectivity index (χ4n) is 0. The quantitative estimate of drug-likeness (QED) is 0.484. The summed E-state index contributed by atoms with van der Waals surface area (Å²) in [6, 6.07) is 0. The third-order valence-electron chi connectivity index (χ3n) is 0. The zero-order valence-corrected chi connectivity index (χ0v) is 10.2. The van der Waals surface area contributed by atoms with E-state index in [0.29, 0.717) is 0 Å². The van der Waals surface area contributed by atoms with Gasteiger partial charge < -0.3 is 5.48 Å². The Morgan fingerprint density at radius 2 is 1.25 bits per heavy atom. The maximum atomic E-state index is 8.38. The monoisotopic (exact) mass is 211 g/mol. The van der Waals surface area contributed by atoms with Gasteiger partial charge in [-0.1, -0.05) is 0 Å². The average Bonchev–Trinajstić information content (AvgIpc) is 1.00. The van der Waals surface area contributed by atoms with Gasteiger partial charge in [0.25, 0.3) is 0 Å². The Morgan fingerprint density at radius 1 is 1.25 bits per heavy atom. The molecule has 0 saturated heterocycles. The second kappa shape index (κ2) is 18.4. The van der Waals surface area contributed by atoms with Gasteiger partial charge in [-0.25, -0.2) is 0 Å². The maximum absolute atomic E-state index is 8.38. The molecule has 0 atom stereocenters. The molecule has 0 aliphatic heterocycles. The first kappa shape index (κ1) is 16.2. The summed E-state index contributed by atoms with van der Waals surface area (Å²) in [6.07, 6.45) is 0. The molecule has 0 amide bonds. The van der Waals surface area contributed by atoms with Crippen LogP contribution in [-0.4, -0.2) is 51.0 Å². The minimum atomic E-state index is 0. The van der Waals surface area contributed by atoms with Gasteiger partial charge >= 0.3 is 78.5 Å². The van der Waals surface area contributed by atoms with Crippen molar-refractivity contribution in [2.45, 2.75) is 0 Å². The van der Waals surface area contributed by atoms with E-state index in [9.17, 15) is 0 Å².